The van der Waals surface area contributed by atoms with E-state index in [4.69, 9.17) is 0 Å². The standard InChI is InChI=1S/C14H13N3O4/c1-21-14(20)9-4-6-10(7-5-9)17-12(8-2-3-8)11(13(18)19)15-16-17/h4-8H,2-3H2,1H3,(H,18,19). The number of esters is 1. The Hall–Kier alpha value is -2.70. The second kappa shape index (κ2) is 5.01. The van der Waals surface area contributed by atoms with Crippen LogP contribution in [0.5, 0.6) is 0 Å². The summed E-state index contributed by atoms with van der Waals surface area (Å²) in [6, 6.07) is 6.61. The Labute approximate surface area is 120 Å². The number of rotatable bonds is 4. The number of aromatic nitrogens is 3. The fourth-order valence-corrected chi connectivity index (χ4v) is 2.21. The van der Waals surface area contributed by atoms with Crippen molar-refractivity contribution in [1.82, 2.24) is 15.0 Å². The van der Waals surface area contributed by atoms with Crippen LogP contribution in [0.1, 0.15) is 45.3 Å². The molecule has 0 bridgehead atoms. The maximum absolute atomic E-state index is 11.4. The van der Waals surface area contributed by atoms with E-state index in [0.717, 1.165) is 12.8 Å². The molecule has 0 unspecified atom stereocenters. The van der Waals surface area contributed by atoms with Gasteiger partial charge < -0.3 is 9.84 Å². The highest BCUT2D eigenvalue weighted by Gasteiger charge is 2.34. The van der Waals surface area contributed by atoms with Crippen LogP contribution in [0.2, 0.25) is 0 Å². The van der Waals surface area contributed by atoms with E-state index < -0.39 is 11.9 Å². The average molecular weight is 287 g/mol. The Morgan fingerprint density at radius 3 is 2.48 bits per heavy atom. The number of benzene rings is 1. The zero-order valence-corrected chi connectivity index (χ0v) is 11.3. The van der Waals surface area contributed by atoms with Gasteiger partial charge in [-0.2, -0.15) is 0 Å². The first-order chi connectivity index (χ1) is 10.1. The van der Waals surface area contributed by atoms with E-state index in [1.807, 2.05) is 0 Å². The van der Waals surface area contributed by atoms with Crippen LogP contribution >= 0.6 is 0 Å². The predicted octanol–water partition coefficient (Wildman–Crippen LogP) is 1.63. The molecule has 21 heavy (non-hydrogen) atoms. The normalized spacial score (nSPS) is 14.0. The lowest BCUT2D eigenvalue weighted by atomic mass is 10.2. The Balaban J connectivity index is 2.00. The highest BCUT2D eigenvalue weighted by molar-refractivity contribution is 5.89. The Morgan fingerprint density at radius 2 is 1.95 bits per heavy atom. The molecular weight excluding hydrogens is 274 g/mol. The number of hydrogen-bond acceptors (Lipinski definition) is 5. The number of methoxy groups -OCH3 is 1. The van der Waals surface area contributed by atoms with E-state index in [0.29, 0.717) is 16.9 Å². The number of aromatic carboxylic acids is 1. The molecule has 1 aromatic heterocycles. The van der Waals surface area contributed by atoms with Crippen molar-refractivity contribution in [3.05, 3.63) is 41.2 Å². The number of carbonyl (C=O) groups is 2. The van der Waals surface area contributed by atoms with Gasteiger partial charge in [-0.15, -0.1) is 5.10 Å². The van der Waals surface area contributed by atoms with Crippen LogP contribution in [0.15, 0.2) is 24.3 Å². The van der Waals surface area contributed by atoms with E-state index in [1.165, 1.54) is 11.8 Å². The van der Waals surface area contributed by atoms with Gasteiger partial charge >= 0.3 is 11.9 Å². The third-order valence-electron chi connectivity index (χ3n) is 3.40. The van der Waals surface area contributed by atoms with Gasteiger partial charge in [0.25, 0.3) is 0 Å². The van der Waals surface area contributed by atoms with E-state index in [9.17, 15) is 14.7 Å². The summed E-state index contributed by atoms with van der Waals surface area (Å²) in [5.74, 6) is -1.31. The molecule has 1 saturated carbocycles. The first-order valence-corrected chi connectivity index (χ1v) is 6.49. The summed E-state index contributed by atoms with van der Waals surface area (Å²) in [5.41, 5.74) is 1.71. The van der Waals surface area contributed by atoms with Gasteiger partial charge in [-0.05, 0) is 37.1 Å². The summed E-state index contributed by atoms with van der Waals surface area (Å²) in [6.45, 7) is 0. The minimum absolute atomic E-state index is 0.00505. The van der Waals surface area contributed by atoms with Crippen molar-refractivity contribution >= 4 is 11.9 Å². The Bertz CT molecular complexity index is 702. The molecule has 0 radical (unpaired) electrons. The smallest absolute Gasteiger partial charge is 0.358 e. The lowest BCUT2D eigenvalue weighted by molar-refractivity contribution is 0.0599. The number of carboxylic acids is 1. The van der Waals surface area contributed by atoms with E-state index in [1.54, 1.807) is 24.3 Å². The lowest BCUT2D eigenvalue weighted by Crippen LogP contribution is -2.06. The van der Waals surface area contributed by atoms with Gasteiger partial charge in [0.2, 0.25) is 0 Å². The Kier molecular flexibility index (Phi) is 3.17. The van der Waals surface area contributed by atoms with Crippen LogP contribution in [0, 0.1) is 0 Å². The largest absolute Gasteiger partial charge is 0.476 e. The van der Waals surface area contributed by atoms with Crippen molar-refractivity contribution in [1.29, 1.82) is 0 Å². The number of carbonyl (C=O) groups excluding carboxylic acids is 1. The number of ether oxygens (including phenoxy) is 1. The third-order valence-corrected chi connectivity index (χ3v) is 3.40. The van der Waals surface area contributed by atoms with Crippen molar-refractivity contribution in [2.75, 3.05) is 7.11 Å². The highest BCUT2D eigenvalue weighted by atomic mass is 16.5. The van der Waals surface area contributed by atoms with Crippen molar-refractivity contribution < 1.29 is 19.4 Å². The van der Waals surface area contributed by atoms with Crippen LogP contribution in [0.4, 0.5) is 0 Å². The van der Waals surface area contributed by atoms with Gasteiger partial charge in [-0.1, -0.05) is 5.21 Å². The van der Waals surface area contributed by atoms with Crippen molar-refractivity contribution in [2.24, 2.45) is 0 Å². The molecule has 108 valence electrons. The second-order valence-electron chi connectivity index (χ2n) is 4.85. The van der Waals surface area contributed by atoms with E-state index >= 15 is 0 Å². The quantitative estimate of drug-likeness (QED) is 0.859. The van der Waals surface area contributed by atoms with Gasteiger partial charge in [0.1, 0.15) is 0 Å². The molecule has 1 aromatic carbocycles. The van der Waals surface area contributed by atoms with Crippen molar-refractivity contribution in [2.45, 2.75) is 18.8 Å². The number of nitrogens with zero attached hydrogens (tertiary/aromatic N) is 3. The SMILES string of the molecule is COC(=O)c1ccc(-n2nnc(C(=O)O)c2C2CC2)cc1. The second-order valence-corrected chi connectivity index (χ2v) is 4.85. The maximum atomic E-state index is 11.4. The zero-order chi connectivity index (χ0) is 15.0. The number of hydrogen-bond donors (Lipinski definition) is 1. The topological polar surface area (TPSA) is 94.3 Å². The van der Waals surface area contributed by atoms with E-state index in [2.05, 4.69) is 15.0 Å². The van der Waals surface area contributed by atoms with Gasteiger partial charge in [0.15, 0.2) is 5.69 Å². The summed E-state index contributed by atoms with van der Waals surface area (Å²) < 4.78 is 6.17. The lowest BCUT2D eigenvalue weighted by Gasteiger charge is -2.06. The van der Waals surface area contributed by atoms with Crippen LogP contribution in [-0.2, 0) is 4.74 Å². The molecular formula is C14H13N3O4. The molecule has 1 fully saturated rings. The summed E-state index contributed by atoms with van der Waals surface area (Å²) >= 11 is 0. The molecule has 2 aromatic rings. The third kappa shape index (κ3) is 2.37. The average Bonchev–Trinajstić information content (AvgIpc) is 3.24. The fourth-order valence-electron chi connectivity index (χ4n) is 2.21. The summed E-state index contributed by atoms with van der Waals surface area (Å²) in [6.07, 6.45) is 1.88. The summed E-state index contributed by atoms with van der Waals surface area (Å²) in [5, 5.41) is 16.9. The summed E-state index contributed by atoms with van der Waals surface area (Å²) in [4.78, 5) is 22.6. The molecule has 1 aliphatic rings. The molecule has 0 aliphatic heterocycles. The van der Waals surface area contributed by atoms with Crippen LogP contribution in [0.3, 0.4) is 0 Å². The molecule has 0 atom stereocenters. The molecule has 7 nitrogen and oxygen atoms in total. The molecule has 1 N–H and O–H groups in total. The van der Waals surface area contributed by atoms with Crippen LogP contribution in [-0.4, -0.2) is 39.1 Å². The molecule has 0 amide bonds. The summed E-state index contributed by atoms with van der Waals surface area (Å²) in [7, 11) is 1.32. The molecule has 0 saturated heterocycles. The molecule has 0 spiro atoms. The minimum Gasteiger partial charge on any atom is -0.476 e. The van der Waals surface area contributed by atoms with Gasteiger partial charge in [-0.3, -0.25) is 0 Å². The maximum Gasteiger partial charge on any atom is 0.358 e. The predicted molar refractivity (Wildman–Crippen MR) is 71.6 cm³/mol. The zero-order valence-electron chi connectivity index (χ0n) is 11.3. The van der Waals surface area contributed by atoms with E-state index in [-0.39, 0.29) is 11.6 Å². The molecule has 1 aliphatic carbocycles. The van der Waals surface area contributed by atoms with Gasteiger partial charge in [0.05, 0.1) is 24.1 Å². The molecule has 3 rings (SSSR count). The van der Waals surface area contributed by atoms with Gasteiger partial charge in [0, 0.05) is 5.92 Å². The van der Waals surface area contributed by atoms with Gasteiger partial charge in [-0.25, -0.2) is 14.3 Å². The molecule has 7 heteroatoms. The first kappa shape index (κ1) is 13.3. The van der Waals surface area contributed by atoms with Crippen molar-refractivity contribution in [3.63, 3.8) is 0 Å². The Morgan fingerprint density at radius 1 is 1.29 bits per heavy atom. The van der Waals surface area contributed by atoms with Crippen LogP contribution < -0.4 is 0 Å². The van der Waals surface area contributed by atoms with Crippen molar-refractivity contribution in [3.8, 4) is 5.69 Å². The highest BCUT2D eigenvalue weighted by Crippen LogP contribution is 2.41. The number of carboxylic acid groups (broad SMARTS) is 1. The minimum atomic E-state index is -1.07. The van der Waals surface area contributed by atoms with Crippen LogP contribution in [0.25, 0.3) is 5.69 Å². The molecule has 1 heterocycles. The fraction of sp³-hybridized carbons (Fsp3) is 0.286. The monoisotopic (exact) mass is 287 g/mol. The first-order valence-electron chi connectivity index (χ1n) is 6.49.